The summed E-state index contributed by atoms with van der Waals surface area (Å²) < 4.78 is 41.7. The molecule has 7 heteroatoms. The van der Waals surface area contributed by atoms with E-state index in [-0.39, 0.29) is 0 Å². The number of ether oxygens (including phenoxy) is 1. The first-order valence-electron chi connectivity index (χ1n) is 4.44. The summed E-state index contributed by atoms with van der Waals surface area (Å²) in [4.78, 5) is 25.6. The van der Waals surface area contributed by atoms with Gasteiger partial charge in [-0.1, -0.05) is 0 Å². The fraction of sp³-hybridized carbons (Fsp3) is 0.300. The maximum atomic E-state index is 12.5. The number of ketones is 1. The molecule has 0 aromatic carbocycles. The van der Waals surface area contributed by atoms with Crippen molar-refractivity contribution in [1.82, 2.24) is 4.98 Å². The summed E-state index contributed by atoms with van der Waals surface area (Å²) >= 11 is 0. The number of hydrogen-bond acceptors (Lipinski definition) is 4. The molecule has 1 rings (SSSR count). The predicted octanol–water partition coefficient (Wildman–Crippen LogP) is 2.09. The highest BCUT2D eigenvalue weighted by Gasteiger charge is 2.32. The van der Waals surface area contributed by atoms with Crippen molar-refractivity contribution in [2.24, 2.45) is 0 Å². The number of esters is 1. The van der Waals surface area contributed by atoms with Gasteiger partial charge in [0.15, 0.2) is 5.78 Å². The minimum Gasteiger partial charge on any atom is -0.464 e. The monoisotopic (exact) mass is 247 g/mol. The van der Waals surface area contributed by atoms with Crippen LogP contribution in [0.4, 0.5) is 13.2 Å². The molecule has 0 aliphatic carbocycles. The van der Waals surface area contributed by atoms with Gasteiger partial charge in [-0.3, -0.25) is 4.79 Å². The van der Waals surface area contributed by atoms with Crippen LogP contribution in [0.3, 0.4) is 0 Å². The van der Waals surface area contributed by atoms with Gasteiger partial charge in [0.2, 0.25) is 0 Å². The summed E-state index contributed by atoms with van der Waals surface area (Å²) in [6.07, 6.45) is -4.66. The van der Waals surface area contributed by atoms with Crippen molar-refractivity contribution in [1.29, 1.82) is 0 Å². The number of carbonyl (C=O) groups is 2. The first kappa shape index (κ1) is 13.1. The van der Waals surface area contributed by atoms with Crippen molar-refractivity contribution < 1.29 is 27.5 Å². The van der Waals surface area contributed by atoms with Crippen molar-refractivity contribution >= 4 is 11.8 Å². The molecule has 1 heterocycles. The van der Waals surface area contributed by atoms with Crippen molar-refractivity contribution in [2.75, 3.05) is 7.11 Å². The van der Waals surface area contributed by atoms with Gasteiger partial charge in [-0.05, 0) is 12.1 Å². The average Bonchev–Trinajstić information content (AvgIpc) is 2.26. The van der Waals surface area contributed by atoms with Crippen molar-refractivity contribution in [3.8, 4) is 0 Å². The molecule has 0 saturated carbocycles. The lowest BCUT2D eigenvalue weighted by molar-refractivity contribution is -0.137. The molecule has 0 saturated heterocycles. The Hall–Kier alpha value is -1.92. The Morgan fingerprint density at radius 3 is 2.18 bits per heavy atom. The summed E-state index contributed by atoms with van der Waals surface area (Å²) in [5.74, 6) is -1.69. The molecule has 0 unspecified atom stereocenters. The summed E-state index contributed by atoms with van der Waals surface area (Å²) in [6.45, 7) is 1.06. The number of nitrogens with zero attached hydrogens (tertiary/aromatic N) is 1. The fourth-order valence-corrected chi connectivity index (χ4v) is 1.08. The van der Waals surface area contributed by atoms with Gasteiger partial charge in [-0.15, -0.1) is 0 Å². The zero-order valence-corrected chi connectivity index (χ0v) is 8.96. The van der Waals surface area contributed by atoms with Crippen LogP contribution < -0.4 is 0 Å². The summed E-state index contributed by atoms with van der Waals surface area (Å²) in [7, 11) is 1.01. The van der Waals surface area contributed by atoms with Crippen LogP contribution in [-0.4, -0.2) is 23.8 Å². The van der Waals surface area contributed by atoms with Crippen LogP contribution in [0.2, 0.25) is 0 Å². The maximum Gasteiger partial charge on any atom is 0.416 e. The molecule has 0 amide bonds. The van der Waals surface area contributed by atoms with Gasteiger partial charge in [0.25, 0.3) is 0 Å². The number of hydrogen-bond donors (Lipinski definition) is 0. The van der Waals surface area contributed by atoms with Crippen LogP contribution in [0, 0.1) is 0 Å². The van der Waals surface area contributed by atoms with E-state index >= 15 is 0 Å². The average molecular weight is 247 g/mol. The van der Waals surface area contributed by atoms with E-state index in [0.717, 1.165) is 14.0 Å². The highest BCUT2D eigenvalue weighted by Crippen LogP contribution is 2.30. The molecule has 92 valence electrons. The van der Waals surface area contributed by atoms with E-state index in [4.69, 9.17) is 0 Å². The minimum atomic E-state index is -4.66. The number of alkyl halides is 3. The number of aromatic nitrogens is 1. The maximum absolute atomic E-state index is 12.5. The van der Waals surface area contributed by atoms with E-state index in [2.05, 4.69) is 9.72 Å². The van der Waals surface area contributed by atoms with Crippen LogP contribution in [0.5, 0.6) is 0 Å². The highest BCUT2D eigenvalue weighted by atomic mass is 19.4. The Morgan fingerprint density at radius 2 is 1.76 bits per heavy atom. The molecule has 0 spiro atoms. The van der Waals surface area contributed by atoms with Gasteiger partial charge in [-0.2, -0.15) is 13.2 Å². The predicted molar refractivity (Wildman–Crippen MR) is 50.6 cm³/mol. The number of rotatable bonds is 2. The summed E-state index contributed by atoms with van der Waals surface area (Å²) in [5, 5.41) is 0. The Morgan fingerprint density at radius 1 is 1.24 bits per heavy atom. The number of Topliss-reactive ketones (excluding diaryl/α,β-unsaturated/α-hetero) is 1. The van der Waals surface area contributed by atoms with Crippen molar-refractivity contribution in [3.63, 3.8) is 0 Å². The van der Waals surface area contributed by atoms with E-state index in [1.807, 2.05) is 0 Å². The number of methoxy groups -OCH3 is 1. The highest BCUT2D eigenvalue weighted by molar-refractivity contribution is 5.94. The molecular weight excluding hydrogens is 239 g/mol. The van der Waals surface area contributed by atoms with Gasteiger partial charge in [-0.25, -0.2) is 9.78 Å². The van der Waals surface area contributed by atoms with E-state index in [1.165, 1.54) is 0 Å². The van der Waals surface area contributed by atoms with Crippen molar-refractivity contribution in [3.05, 3.63) is 29.1 Å². The quantitative estimate of drug-likeness (QED) is 0.593. The molecule has 17 heavy (non-hydrogen) atoms. The summed E-state index contributed by atoms with van der Waals surface area (Å²) in [6, 6.07) is 1.13. The Balaban J connectivity index is 3.39. The van der Waals surface area contributed by atoms with E-state index in [0.29, 0.717) is 12.1 Å². The lowest BCUT2D eigenvalue weighted by Crippen LogP contribution is -2.13. The minimum absolute atomic E-state index is 0.430. The Kier molecular flexibility index (Phi) is 3.50. The SMILES string of the molecule is COC(=O)c1cc(C(F)(F)F)cc(C(C)=O)n1. The Bertz CT molecular complexity index is 468. The zero-order valence-electron chi connectivity index (χ0n) is 8.96. The van der Waals surface area contributed by atoms with Crippen LogP contribution >= 0.6 is 0 Å². The first-order chi connectivity index (χ1) is 7.75. The standard InChI is InChI=1S/C10H8F3NO3/c1-5(15)7-3-6(10(11,12)13)4-8(14-7)9(16)17-2/h3-4H,1-2H3. The van der Waals surface area contributed by atoms with Crippen LogP contribution in [-0.2, 0) is 10.9 Å². The van der Waals surface area contributed by atoms with Crippen LogP contribution in [0.15, 0.2) is 12.1 Å². The van der Waals surface area contributed by atoms with Gasteiger partial charge in [0.05, 0.1) is 12.7 Å². The molecule has 0 bridgehead atoms. The fourth-order valence-electron chi connectivity index (χ4n) is 1.08. The third-order valence-electron chi connectivity index (χ3n) is 1.91. The second kappa shape index (κ2) is 4.52. The molecular formula is C10H8F3NO3. The molecule has 0 aliphatic heterocycles. The van der Waals surface area contributed by atoms with E-state index < -0.39 is 34.9 Å². The van der Waals surface area contributed by atoms with Gasteiger partial charge < -0.3 is 4.74 Å². The summed E-state index contributed by atoms with van der Waals surface area (Å²) in [5.41, 5.74) is -2.09. The molecule has 0 aliphatic rings. The lowest BCUT2D eigenvalue weighted by atomic mass is 10.1. The third-order valence-corrected chi connectivity index (χ3v) is 1.91. The van der Waals surface area contributed by atoms with Gasteiger partial charge >= 0.3 is 12.1 Å². The largest absolute Gasteiger partial charge is 0.464 e. The van der Waals surface area contributed by atoms with Crippen LogP contribution in [0.1, 0.15) is 33.5 Å². The smallest absolute Gasteiger partial charge is 0.416 e. The number of halogens is 3. The number of carbonyl (C=O) groups excluding carboxylic acids is 2. The molecule has 0 N–H and O–H groups in total. The molecule has 4 nitrogen and oxygen atoms in total. The molecule has 0 atom stereocenters. The molecule has 1 aromatic heterocycles. The van der Waals surface area contributed by atoms with Crippen molar-refractivity contribution in [2.45, 2.75) is 13.1 Å². The third kappa shape index (κ3) is 3.02. The first-order valence-corrected chi connectivity index (χ1v) is 4.44. The zero-order chi connectivity index (χ0) is 13.2. The molecule has 1 aromatic rings. The Labute approximate surface area is 94.4 Å². The van der Waals surface area contributed by atoms with E-state index in [9.17, 15) is 22.8 Å². The van der Waals surface area contributed by atoms with Crippen LogP contribution in [0.25, 0.3) is 0 Å². The second-order valence-electron chi connectivity index (χ2n) is 3.17. The van der Waals surface area contributed by atoms with Gasteiger partial charge in [0, 0.05) is 6.92 Å². The number of pyridine rings is 1. The van der Waals surface area contributed by atoms with Gasteiger partial charge in [0.1, 0.15) is 11.4 Å². The topological polar surface area (TPSA) is 56.3 Å². The lowest BCUT2D eigenvalue weighted by Gasteiger charge is -2.09. The molecule has 0 radical (unpaired) electrons. The second-order valence-corrected chi connectivity index (χ2v) is 3.17. The normalized spacial score (nSPS) is 11.1. The molecule has 0 fully saturated rings. The van der Waals surface area contributed by atoms with E-state index in [1.54, 1.807) is 0 Å².